The number of hydrogen-bond donors (Lipinski definition) is 3. The van der Waals surface area contributed by atoms with E-state index >= 15 is 0 Å². The maximum Gasteiger partial charge on any atom is 0.319 e. The third kappa shape index (κ3) is 2.42. The van der Waals surface area contributed by atoms with Crippen LogP contribution in [0.15, 0.2) is 0 Å². The molecule has 1 unspecified atom stereocenters. The van der Waals surface area contributed by atoms with Crippen LogP contribution in [-0.2, 0) is 4.79 Å². The summed E-state index contributed by atoms with van der Waals surface area (Å²) in [6, 6.07) is 0. The molecule has 2 nitrogen and oxygen atoms in total. The molecule has 60 valence electrons. The van der Waals surface area contributed by atoms with E-state index in [1.165, 1.54) is 0 Å². The molecule has 0 radical (unpaired) electrons. The monoisotopic (exact) mass is 180 g/mol. The lowest BCUT2D eigenvalue weighted by Crippen LogP contribution is -2.32. The van der Waals surface area contributed by atoms with Crippen molar-refractivity contribution >= 4 is 31.2 Å². The van der Waals surface area contributed by atoms with Gasteiger partial charge in [0.25, 0.3) is 0 Å². The highest BCUT2D eigenvalue weighted by Crippen LogP contribution is 2.23. The minimum atomic E-state index is -0.873. The molecule has 0 aromatic heterocycles. The summed E-state index contributed by atoms with van der Waals surface area (Å²) in [6.07, 6.45) is 1.04. The van der Waals surface area contributed by atoms with Gasteiger partial charge in [-0.2, -0.15) is 25.3 Å². The van der Waals surface area contributed by atoms with E-state index in [2.05, 4.69) is 25.3 Å². The normalized spacial score (nSPS) is 16.3. The lowest BCUT2D eigenvalue weighted by Gasteiger charge is -2.20. The quantitative estimate of drug-likeness (QED) is 0.573. The third-order valence-corrected chi connectivity index (χ3v) is 2.46. The zero-order valence-electron chi connectivity index (χ0n) is 5.87. The molecule has 4 heteroatoms. The van der Waals surface area contributed by atoms with E-state index in [0.29, 0.717) is 18.6 Å². The van der Waals surface area contributed by atoms with Crippen LogP contribution in [0.3, 0.4) is 0 Å². The van der Waals surface area contributed by atoms with Crippen LogP contribution in [0.4, 0.5) is 0 Å². The van der Waals surface area contributed by atoms with E-state index in [1.54, 1.807) is 0 Å². The van der Waals surface area contributed by atoms with Crippen LogP contribution in [0.25, 0.3) is 0 Å². The Morgan fingerprint density at radius 2 is 2.20 bits per heavy atom. The van der Waals surface area contributed by atoms with Crippen LogP contribution in [0.1, 0.15) is 19.8 Å². The van der Waals surface area contributed by atoms with E-state index in [9.17, 15) is 4.79 Å². The summed E-state index contributed by atoms with van der Waals surface area (Å²) in [5.41, 5.74) is 0. The number of carbonyl (C=O) groups is 1. The van der Waals surface area contributed by atoms with Crippen molar-refractivity contribution in [3.8, 4) is 0 Å². The second-order valence-electron chi connectivity index (χ2n) is 2.16. The molecule has 0 bridgehead atoms. The van der Waals surface area contributed by atoms with E-state index in [0.717, 1.165) is 0 Å². The van der Waals surface area contributed by atoms with Crippen molar-refractivity contribution in [3.05, 3.63) is 0 Å². The summed E-state index contributed by atoms with van der Waals surface area (Å²) in [4.78, 5) is 10.5. The Kier molecular flexibility index (Phi) is 4.20. The average molecular weight is 180 g/mol. The first-order valence-corrected chi connectivity index (χ1v) is 4.21. The predicted octanol–water partition coefficient (Wildman–Crippen LogP) is 1.47. The number of carboxylic acid groups (broad SMARTS) is 1. The fourth-order valence-corrected chi connectivity index (χ4v) is 1.29. The molecule has 0 rings (SSSR count). The summed E-state index contributed by atoms with van der Waals surface area (Å²) in [5.74, 6) is -0.295. The van der Waals surface area contributed by atoms with Crippen LogP contribution in [0.5, 0.6) is 0 Å². The van der Waals surface area contributed by atoms with Gasteiger partial charge in [-0.1, -0.05) is 6.92 Å². The Balaban J connectivity index is 4.08. The number of carboxylic acids is 1. The van der Waals surface area contributed by atoms with Crippen molar-refractivity contribution in [3.63, 3.8) is 0 Å². The van der Waals surface area contributed by atoms with Crippen LogP contribution >= 0.6 is 25.3 Å². The van der Waals surface area contributed by atoms with Crippen molar-refractivity contribution in [2.45, 2.75) is 24.5 Å². The van der Waals surface area contributed by atoms with E-state index in [4.69, 9.17) is 5.11 Å². The molecule has 0 aliphatic carbocycles. The van der Waals surface area contributed by atoms with Crippen molar-refractivity contribution < 1.29 is 9.90 Å². The Hall–Kier alpha value is 0.170. The largest absolute Gasteiger partial charge is 0.480 e. The van der Waals surface area contributed by atoms with E-state index < -0.39 is 10.7 Å². The van der Waals surface area contributed by atoms with Gasteiger partial charge in [0.2, 0.25) is 0 Å². The first-order valence-electron chi connectivity index (χ1n) is 3.13. The number of aliphatic carboxylic acids is 1. The zero-order chi connectivity index (χ0) is 8.20. The summed E-state index contributed by atoms with van der Waals surface area (Å²) in [5, 5.41) is 8.65. The summed E-state index contributed by atoms with van der Waals surface area (Å²) < 4.78 is -0.873. The molecule has 0 spiro atoms. The van der Waals surface area contributed by atoms with Crippen molar-refractivity contribution in [1.29, 1.82) is 0 Å². The lowest BCUT2D eigenvalue weighted by atomic mass is 10.0. The smallest absolute Gasteiger partial charge is 0.319 e. The van der Waals surface area contributed by atoms with Gasteiger partial charge in [0.1, 0.15) is 4.75 Å². The van der Waals surface area contributed by atoms with Crippen LogP contribution in [0.2, 0.25) is 0 Å². The lowest BCUT2D eigenvalue weighted by molar-refractivity contribution is -0.139. The Morgan fingerprint density at radius 3 is 2.30 bits per heavy atom. The fourth-order valence-electron chi connectivity index (χ4n) is 0.620. The van der Waals surface area contributed by atoms with Gasteiger partial charge in [0, 0.05) is 0 Å². The second kappa shape index (κ2) is 4.13. The van der Waals surface area contributed by atoms with Gasteiger partial charge in [-0.25, -0.2) is 0 Å². The molecule has 0 aliphatic rings. The van der Waals surface area contributed by atoms with Crippen LogP contribution < -0.4 is 0 Å². The van der Waals surface area contributed by atoms with Gasteiger partial charge in [0.05, 0.1) is 0 Å². The molecule has 1 atom stereocenters. The third-order valence-electron chi connectivity index (χ3n) is 1.51. The van der Waals surface area contributed by atoms with Gasteiger partial charge in [0.15, 0.2) is 0 Å². The summed E-state index contributed by atoms with van der Waals surface area (Å²) in [6.45, 7) is 1.81. The highest BCUT2D eigenvalue weighted by molar-refractivity contribution is 7.83. The van der Waals surface area contributed by atoms with Gasteiger partial charge in [-0.05, 0) is 18.6 Å². The highest BCUT2D eigenvalue weighted by atomic mass is 32.1. The molecule has 0 heterocycles. The summed E-state index contributed by atoms with van der Waals surface area (Å²) >= 11 is 8.00. The van der Waals surface area contributed by atoms with Crippen molar-refractivity contribution in [2.24, 2.45) is 0 Å². The first-order chi connectivity index (χ1) is 4.56. The van der Waals surface area contributed by atoms with Crippen molar-refractivity contribution in [1.82, 2.24) is 0 Å². The predicted molar refractivity (Wildman–Crippen MR) is 48.1 cm³/mol. The van der Waals surface area contributed by atoms with Gasteiger partial charge in [-0.15, -0.1) is 0 Å². The topological polar surface area (TPSA) is 37.3 Å². The van der Waals surface area contributed by atoms with Crippen LogP contribution in [0, 0.1) is 0 Å². The van der Waals surface area contributed by atoms with E-state index in [-0.39, 0.29) is 0 Å². The molecular formula is C6H12O2S2. The van der Waals surface area contributed by atoms with Gasteiger partial charge >= 0.3 is 5.97 Å². The molecule has 10 heavy (non-hydrogen) atoms. The minimum absolute atomic E-state index is 0.505. The highest BCUT2D eigenvalue weighted by Gasteiger charge is 2.30. The first kappa shape index (κ1) is 10.2. The number of hydrogen-bond acceptors (Lipinski definition) is 3. The van der Waals surface area contributed by atoms with E-state index in [1.807, 2.05) is 6.92 Å². The molecule has 0 aromatic carbocycles. The number of thiol groups is 2. The number of rotatable bonds is 4. The molecule has 0 saturated heterocycles. The molecular weight excluding hydrogens is 168 g/mol. The van der Waals surface area contributed by atoms with Gasteiger partial charge < -0.3 is 5.11 Å². The Bertz CT molecular complexity index is 127. The maximum atomic E-state index is 10.5. The van der Waals surface area contributed by atoms with Gasteiger partial charge in [-0.3, -0.25) is 4.79 Å². The molecule has 0 amide bonds. The molecule has 0 aromatic rings. The minimum Gasteiger partial charge on any atom is -0.480 e. The molecule has 1 N–H and O–H groups in total. The zero-order valence-corrected chi connectivity index (χ0v) is 7.66. The maximum absolute atomic E-state index is 10.5. The molecule has 0 fully saturated rings. The molecule has 0 saturated carbocycles. The Labute approximate surface area is 71.8 Å². The SMILES string of the molecule is CCC(S)(CCS)C(=O)O. The Morgan fingerprint density at radius 1 is 1.70 bits per heavy atom. The van der Waals surface area contributed by atoms with Crippen LogP contribution in [-0.4, -0.2) is 21.6 Å². The standard InChI is InChI=1S/C6H12O2S2/c1-2-6(10,3-4-9)5(7)8/h9-10H,2-4H2,1H3,(H,7,8). The fraction of sp³-hybridized carbons (Fsp3) is 0.833. The second-order valence-corrected chi connectivity index (χ2v) is 3.47. The summed E-state index contributed by atoms with van der Waals surface area (Å²) in [7, 11) is 0. The average Bonchev–Trinajstić information content (AvgIpc) is 1.88. The van der Waals surface area contributed by atoms with Crippen molar-refractivity contribution in [2.75, 3.05) is 5.75 Å². The molecule has 0 aliphatic heterocycles.